The van der Waals surface area contributed by atoms with Crippen LogP contribution in [0.25, 0.3) is 0 Å². The fourth-order valence-corrected chi connectivity index (χ4v) is 1.99. The number of carbonyl (C=O) groups is 1. The summed E-state index contributed by atoms with van der Waals surface area (Å²) in [5.41, 5.74) is 0.255. The van der Waals surface area contributed by atoms with E-state index >= 15 is 0 Å². The minimum Gasteiger partial charge on any atom is -0.324 e. The molecular weight excluding hydrogens is 238 g/mol. The van der Waals surface area contributed by atoms with Gasteiger partial charge in [-0.3, -0.25) is 4.79 Å². The minimum atomic E-state index is -3.35. The fraction of sp³-hybridized carbons (Fsp3) is 0.222. The number of amides is 1. The van der Waals surface area contributed by atoms with E-state index in [0.29, 0.717) is 0 Å². The molecule has 0 aliphatic rings. The zero-order chi connectivity index (χ0) is 11.5. The van der Waals surface area contributed by atoms with Crippen LogP contribution < -0.4 is 5.32 Å². The molecule has 6 heteroatoms. The predicted molar refractivity (Wildman–Crippen MR) is 58.9 cm³/mol. The summed E-state index contributed by atoms with van der Waals surface area (Å²) in [6.45, 7) is 0. The molecule has 0 heterocycles. The third-order valence-electron chi connectivity index (χ3n) is 1.68. The molecule has 82 valence electrons. The minimum absolute atomic E-state index is 0.0865. The predicted octanol–water partition coefficient (Wildman–Crippen LogP) is 1.27. The number of hydrogen-bond donors (Lipinski definition) is 1. The van der Waals surface area contributed by atoms with Gasteiger partial charge in [-0.05, 0) is 12.1 Å². The Morgan fingerprint density at radius 2 is 2.00 bits per heavy atom. The summed E-state index contributed by atoms with van der Waals surface area (Å²) in [6.07, 6.45) is 1.08. The lowest BCUT2D eigenvalue weighted by atomic mass is 10.3. The van der Waals surface area contributed by atoms with Crippen molar-refractivity contribution in [1.82, 2.24) is 0 Å². The first-order chi connectivity index (χ1) is 6.95. The molecular formula is C9H10ClNO3S. The van der Waals surface area contributed by atoms with E-state index in [1.54, 1.807) is 12.1 Å². The Bertz CT molecular complexity index is 470. The molecule has 0 aliphatic carbocycles. The molecule has 0 radical (unpaired) electrons. The third kappa shape index (κ3) is 3.21. The van der Waals surface area contributed by atoms with Crippen molar-refractivity contribution in [3.8, 4) is 0 Å². The van der Waals surface area contributed by atoms with E-state index in [1.807, 2.05) is 0 Å². The van der Waals surface area contributed by atoms with Gasteiger partial charge in [0.15, 0.2) is 9.84 Å². The third-order valence-corrected chi connectivity index (χ3v) is 3.08. The van der Waals surface area contributed by atoms with Gasteiger partial charge in [0.1, 0.15) is 5.88 Å². The van der Waals surface area contributed by atoms with Crippen molar-refractivity contribution in [2.75, 3.05) is 17.5 Å². The second-order valence-electron chi connectivity index (χ2n) is 2.95. The van der Waals surface area contributed by atoms with Gasteiger partial charge in [0, 0.05) is 6.26 Å². The highest BCUT2D eigenvalue weighted by atomic mass is 35.5. The molecule has 1 N–H and O–H groups in total. The maximum atomic E-state index is 11.3. The highest BCUT2D eigenvalue weighted by Crippen LogP contribution is 2.20. The summed E-state index contributed by atoms with van der Waals surface area (Å²) in [4.78, 5) is 11.1. The number of anilines is 1. The Kier molecular flexibility index (Phi) is 3.71. The zero-order valence-corrected chi connectivity index (χ0v) is 9.60. The average molecular weight is 248 g/mol. The summed E-state index contributed by atoms with van der Waals surface area (Å²) in [6, 6.07) is 6.17. The lowest BCUT2D eigenvalue weighted by molar-refractivity contribution is -0.113. The van der Waals surface area contributed by atoms with Gasteiger partial charge >= 0.3 is 0 Å². The second kappa shape index (κ2) is 4.63. The van der Waals surface area contributed by atoms with E-state index < -0.39 is 15.7 Å². The van der Waals surface area contributed by atoms with Gasteiger partial charge in [-0.15, -0.1) is 11.6 Å². The fourth-order valence-electron chi connectivity index (χ4n) is 1.08. The van der Waals surface area contributed by atoms with E-state index in [1.165, 1.54) is 12.1 Å². The highest BCUT2D eigenvalue weighted by molar-refractivity contribution is 7.90. The number of rotatable bonds is 3. The van der Waals surface area contributed by atoms with Gasteiger partial charge in [-0.25, -0.2) is 8.42 Å². The van der Waals surface area contributed by atoms with E-state index in [-0.39, 0.29) is 16.5 Å². The van der Waals surface area contributed by atoms with Crippen molar-refractivity contribution in [3.05, 3.63) is 24.3 Å². The van der Waals surface area contributed by atoms with E-state index in [0.717, 1.165) is 6.26 Å². The molecule has 0 unspecified atom stereocenters. The molecule has 1 aromatic rings. The van der Waals surface area contributed by atoms with Gasteiger partial charge in [0.25, 0.3) is 0 Å². The number of hydrogen-bond acceptors (Lipinski definition) is 3. The van der Waals surface area contributed by atoms with Gasteiger partial charge in [0.05, 0.1) is 10.6 Å². The zero-order valence-electron chi connectivity index (χ0n) is 8.03. The Morgan fingerprint density at radius 3 is 2.53 bits per heavy atom. The molecule has 4 nitrogen and oxygen atoms in total. The van der Waals surface area contributed by atoms with Gasteiger partial charge in [-0.1, -0.05) is 12.1 Å². The second-order valence-corrected chi connectivity index (χ2v) is 5.20. The van der Waals surface area contributed by atoms with Gasteiger partial charge < -0.3 is 5.32 Å². The Hall–Kier alpha value is -1.07. The Balaban J connectivity index is 3.13. The number of nitrogens with one attached hydrogen (secondary N) is 1. The van der Waals surface area contributed by atoms with E-state index in [2.05, 4.69) is 5.32 Å². The SMILES string of the molecule is CS(=O)(=O)c1ccccc1NC(=O)CCl. The van der Waals surface area contributed by atoms with Crippen LogP contribution in [0.15, 0.2) is 29.2 Å². The summed E-state index contributed by atoms with van der Waals surface area (Å²) < 4.78 is 22.7. The maximum Gasteiger partial charge on any atom is 0.239 e. The number of carbonyl (C=O) groups excluding carboxylic acids is 1. The van der Waals surface area contributed by atoms with Crippen molar-refractivity contribution >= 4 is 33.0 Å². The Labute approximate surface area is 93.2 Å². The number of benzene rings is 1. The number of para-hydroxylation sites is 1. The molecule has 0 bridgehead atoms. The van der Waals surface area contributed by atoms with Crippen LogP contribution in [0.4, 0.5) is 5.69 Å². The molecule has 15 heavy (non-hydrogen) atoms. The summed E-state index contributed by atoms with van der Waals surface area (Å²) >= 11 is 5.31. The Morgan fingerprint density at radius 1 is 1.40 bits per heavy atom. The molecule has 0 aliphatic heterocycles. The number of alkyl halides is 1. The first-order valence-electron chi connectivity index (χ1n) is 4.10. The maximum absolute atomic E-state index is 11.3. The summed E-state index contributed by atoms with van der Waals surface area (Å²) in [5.74, 6) is -0.647. The molecule has 0 saturated carbocycles. The highest BCUT2D eigenvalue weighted by Gasteiger charge is 2.13. The molecule has 1 aromatic carbocycles. The van der Waals surface area contributed by atoms with Crippen LogP contribution in [0.1, 0.15) is 0 Å². The molecule has 0 fully saturated rings. The molecule has 0 saturated heterocycles. The topological polar surface area (TPSA) is 63.2 Å². The molecule has 0 aromatic heterocycles. The van der Waals surface area contributed by atoms with Crippen LogP contribution in [0.5, 0.6) is 0 Å². The van der Waals surface area contributed by atoms with Crippen LogP contribution in [-0.2, 0) is 14.6 Å². The van der Waals surface area contributed by atoms with E-state index in [4.69, 9.17) is 11.6 Å². The summed E-state index contributed by atoms with van der Waals surface area (Å²) in [7, 11) is -3.35. The van der Waals surface area contributed by atoms with Gasteiger partial charge in [-0.2, -0.15) is 0 Å². The molecule has 0 atom stereocenters. The molecule has 1 amide bonds. The summed E-state index contributed by atoms with van der Waals surface area (Å²) in [5, 5.41) is 2.42. The van der Waals surface area contributed by atoms with Crippen LogP contribution in [0.3, 0.4) is 0 Å². The van der Waals surface area contributed by atoms with E-state index in [9.17, 15) is 13.2 Å². The molecule has 1 rings (SSSR count). The standard InChI is InChI=1S/C9H10ClNO3S/c1-15(13,14)8-5-3-2-4-7(8)11-9(12)6-10/h2-5H,6H2,1H3,(H,11,12). The quantitative estimate of drug-likeness (QED) is 0.818. The lowest BCUT2D eigenvalue weighted by Gasteiger charge is -2.07. The van der Waals surface area contributed by atoms with Crippen molar-refractivity contribution in [2.45, 2.75) is 4.90 Å². The first-order valence-corrected chi connectivity index (χ1v) is 6.52. The number of sulfone groups is 1. The normalized spacial score (nSPS) is 11.1. The van der Waals surface area contributed by atoms with Crippen molar-refractivity contribution in [2.24, 2.45) is 0 Å². The lowest BCUT2D eigenvalue weighted by Crippen LogP contribution is -2.15. The van der Waals surface area contributed by atoms with Gasteiger partial charge in [0.2, 0.25) is 5.91 Å². The van der Waals surface area contributed by atoms with Crippen molar-refractivity contribution in [1.29, 1.82) is 0 Å². The monoisotopic (exact) mass is 247 g/mol. The van der Waals surface area contributed by atoms with Crippen LogP contribution in [-0.4, -0.2) is 26.5 Å². The van der Waals surface area contributed by atoms with Crippen LogP contribution in [0.2, 0.25) is 0 Å². The van der Waals surface area contributed by atoms with Crippen LogP contribution in [0, 0.1) is 0 Å². The largest absolute Gasteiger partial charge is 0.324 e. The number of halogens is 1. The first kappa shape index (κ1) is 12.0. The van der Waals surface area contributed by atoms with Crippen molar-refractivity contribution in [3.63, 3.8) is 0 Å². The van der Waals surface area contributed by atoms with Crippen molar-refractivity contribution < 1.29 is 13.2 Å². The smallest absolute Gasteiger partial charge is 0.239 e. The molecule has 0 spiro atoms. The van der Waals surface area contributed by atoms with Crippen LogP contribution >= 0.6 is 11.6 Å². The average Bonchev–Trinajstić information content (AvgIpc) is 2.17.